The van der Waals surface area contributed by atoms with Gasteiger partial charge in [-0.2, -0.15) is 0 Å². The van der Waals surface area contributed by atoms with Crippen molar-refractivity contribution in [3.63, 3.8) is 0 Å². The topological polar surface area (TPSA) is 37.8 Å². The van der Waals surface area contributed by atoms with Crippen LogP contribution in [0.25, 0.3) is 0 Å². The molecular weight excluding hydrogens is 333 g/mol. The van der Waals surface area contributed by atoms with Crippen LogP contribution in [0.3, 0.4) is 0 Å². The normalized spacial score (nSPS) is 10.5. The molecule has 19 heavy (non-hydrogen) atoms. The molecule has 6 heteroatoms. The highest BCUT2D eigenvalue weighted by Crippen LogP contribution is 2.19. The van der Waals surface area contributed by atoms with E-state index in [1.54, 1.807) is 12.1 Å². The summed E-state index contributed by atoms with van der Waals surface area (Å²) in [7, 11) is 0. The fourth-order valence-electron chi connectivity index (χ4n) is 1.58. The second kappa shape index (κ2) is 6.30. The quantitative estimate of drug-likeness (QED) is 0.845. The molecule has 0 aliphatic carbocycles. The first-order chi connectivity index (χ1) is 9.08. The number of hydrogen-bond donors (Lipinski definition) is 1. The van der Waals surface area contributed by atoms with E-state index < -0.39 is 0 Å². The van der Waals surface area contributed by atoms with Crippen molar-refractivity contribution >= 4 is 33.3 Å². The van der Waals surface area contributed by atoms with Gasteiger partial charge in [-0.3, -0.25) is 0 Å². The molecule has 0 saturated heterocycles. The number of benzene rings is 1. The van der Waals surface area contributed by atoms with E-state index in [0.717, 1.165) is 10.0 Å². The smallest absolute Gasteiger partial charge is 0.134 e. The Morgan fingerprint density at radius 1 is 1.32 bits per heavy atom. The van der Waals surface area contributed by atoms with Crippen molar-refractivity contribution < 1.29 is 4.39 Å². The third kappa shape index (κ3) is 3.88. The molecule has 1 N–H and O–H groups in total. The lowest BCUT2D eigenvalue weighted by Gasteiger charge is -2.09. The Balaban J connectivity index is 2.14. The maximum absolute atomic E-state index is 13.2. The number of rotatable bonds is 4. The largest absolute Gasteiger partial charge is 0.366 e. The zero-order valence-corrected chi connectivity index (χ0v) is 12.6. The SMILES string of the molecule is CCc1nc(Cl)cc(NCc2cc(F)ccc2Br)n1. The van der Waals surface area contributed by atoms with Crippen LogP contribution in [-0.2, 0) is 13.0 Å². The Labute approximate surface area is 124 Å². The minimum atomic E-state index is -0.269. The van der Waals surface area contributed by atoms with Gasteiger partial charge in [0.15, 0.2) is 0 Å². The van der Waals surface area contributed by atoms with E-state index in [2.05, 4.69) is 31.2 Å². The lowest BCUT2D eigenvalue weighted by atomic mass is 10.2. The van der Waals surface area contributed by atoms with Gasteiger partial charge in [0.2, 0.25) is 0 Å². The van der Waals surface area contributed by atoms with Gasteiger partial charge in [0, 0.05) is 23.5 Å². The third-order valence-corrected chi connectivity index (χ3v) is 3.49. The number of halogens is 3. The fourth-order valence-corrected chi connectivity index (χ4v) is 2.17. The Hall–Kier alpha value is -1.20. The zero-order chi connectivity index (χ0) is 13.8. The average molecular weight is 345 g/mol. The van der Waals surface area contributed by atoms with Crippen LogP contribution in [0.15, 0.2) is 28.7 Å². The fraction of sp³-hybridized carbons (Fsp3) is 0.231. The summed E-state index contributed by atoms with van der Waals surface area (Å²) in [5, 5.41) is 3.51. The van der Waals surface area contributed by atoms with E-state index in [0.29, 0.717) is 29.8 Å². The minimum Gasteiger partial charge on any atom is -0.366 e. The van der Waals surface area contributed by atoms with Gasteiger partial charge in [0.05, 0.1) is 0 Å². The van der Waals surface area contributed by atoms with Crippen molar-refractivity contribution in [2.75, 3.05) is 5.32 Å². The van der Waals surface area contributed by atoms with Crippen LogP contribution in [-0.4, -0.2) is 9.97 Å². The molecule has 2 rings (SSSR count). The number of aromatic nitrogens is 2. The molecule has 0 saturated carbocycles. The first-order valence-corrected chi connectivity index (χ1v) is 6.97. The number of nitrogens with zero attached hydrogens (tertiary/aromatic N) is 2. The summed E-state index contributed by atoms with van der Waals surface area (Å²) >= 11 is 9.29. The number of anilines is 1. The van der Waals surface area contributed by atoms with Crippen LogP contribution < -0.4 is 5.32 Å². The predicted octanol–water partition coefficient (Wildman–Crippen LogP) is 4.21. The lowest BCUT2D eigenvalue weighted by Crippen LogP contribution is -2.05. The van der Waals surface area contributed by atoms with Crippen LogP contribution in [0.5, 0.6) is 0 Å². The molecule has 0 atom stereocenters. The maximum atomic E-state index is 13.2. The van der Waals surface area contributed by atoms with Crippen molar-refractivity contribution in [3.05, 3.63) is 51.1 Å². The Bertz CT molecular complexity index is 592. The van der Waals surface area contributed by atoms with Crippen LogP contribution in [0.2, 0.25) is 5.15 Å². The van der Waals surface area contributed by atoms with Crippen molar-refractivity contribution in [3.8, 4) is 0 Å². The zero-order valence-electron chi connectivity index (χ0n) is 10.3. The molecule has 0 aliphatic rings. The molecule has 3 nitrogen and oxygen atoms in total. The van der Waals surface area contributed by atoms with E-state index in [9.17, 15) is 4.39 Å². The average Bonchev–Trinajstić information content (AvgIpc) is 2.39. The number of aryl methyl sites for hydroxylation is 1. The minimum absolute atomic E-state index is 0.269. The molecule has 0 amide bonds. The highest BCUT2D eigenvalue weighted by molar-refractivity contribution is 9.10. The summed E-state index contributed by atoms with van der Waals surface area (Å²) in [6, 6.07) is 6.20. The van der Waals surface area contributed by atoms with Gasteiger partial charge in [-0.1, -0.05) is 34.5 Å². The van der Waals surface area contributed by atoms with Gasteiger partial charge in [-0.05, 0) is 23.8 Å². The summed E-state index contributed by atoms with van der Waals surface area (Å²) < 4.78 is 14.0. The predicted molar refractivity (Wildman–Crippen MR) is 77.8 cm³/mol. The first-order valence-electron chi connectivity index (χ1n) is 5.79. The monoisotopic (exact) mass is 343 g/mol. The van der Waals surface area contributed by atoms with Crippen molar-refractivity contribution in [1.29, 1.82) is 0 Å². The van der Waals surface area contributed by atoms with E-state index in [1.807, 2.05) is 6.92 Å². The molecule has 0 bridgehead atoms. The molecule has 1 aromatic carbocycles. The molecule has 1 aromatic heterocycles. The van der Waals surface area contributed by atoms with E-state index in [1.165, 1.54) is 12.1 Å². The Morgan fingerprint density at radius 3 is 2.84 bits per heavy atom. The maximum Gasteiger partial charge on any atom is 0.134 e. The Morgan fingerprint density at radius 2 is 2.11 bits per heavy atom. The summed E-state index contributed by atoms with van der Waals surface area (Å²) in [5.41, 5.74) is 0.813. The summed E-state index contributed by atoms with van der Waals surface area (Å²) in [5.74, 6) is 1.04. The van der Waals surface area contributed by atoms with Crippen molar-refractivity contribution in [2.45, 2.75) is 19.9 Å². The number of hydrogen-bond acceptors (Lipinski definition) is 3. The van der Waals surface area contributed by atoms with Crippen molar-refractivity contribution in [1.82, 2.24) is 9.97 Å². The molecule has 100 valence electrons. The van der Waals surface area contributed by atoms with Gasteiger partial charge in [0.1, 0.15) is 22.6 Å². The van der Waals surface area contributed by atoms with Gasteiger partial charge < -0.3 is 5.32 Å². The first kappa shape index (κ1) is 14.2. The lowest BCUT2D eigenvalue weighted by molar-refractivity contribution is 0.625. The van der Waals surface area contributed by atoms with Gasteiger partial charge >= 0.3 is 0 Å². The third-order valence-electron chi connectivity index (χ3n) is 2.53. The van der Waals surface area contributed by atoms with Gasteiger partial charge in [0.25, 0.3) is 0 Å². The second-order valence-corrected chi connectivity index (χ2v) is 5.18. The van der Waals surface area contributed by atoms with Crippen LogP contribution >= 0.6 is 27.5 Å². The molecule has 0 aliphatic heterocycles. The van der Waals surface area contributed by atoms with Crippen molar-refractivity contribution in [2.24, 2.45) is 0 Å². The molecule has 0 unspecified atom stereocenters. The highest BCUT2D eigenvalue weighted by Gasteiger charge is 2.05. The summed E-state index contributed by atoms with van der Waals surface area (Å²) in [4.78, 5) is 8.39. The summed E-state index contributed by atoms with van der Waals surface area (Å²) in [6.45, 7) is 2.41. The molecule has 0 radical (unpaired) electrons. The molecule has 1 heterocycles. The highest BCUT2D eigenvalue weighted by atomic mass is 79.9. The van der Waals surface area contributed by atoms with Crippen LogP contribution in [0, 0.1) is 5.82 Å². The standard InChI is InChI=1S/C13H12BrClFN3/c1-2-12-18-11(15)6-13(19-12)17-7-8-5-9(16)3-4-10(8)14/h3-6H,2,7H2,1H3,(H,17,18,19). The second-order valence-electron chi connectivity index (χ2n) is 3.93. The van der Waals surface area contributed by atoms with Crippen LogP contribution in [0.1, 0.15) is 18.3 Å². The number of nitrogens with one attached hydrogen (secondary N) is 1. The molecule has 2 aromatic rings. The van der Waals surface area contributed by atoms with E-state index in [4.69, 9.17) is 11.6 Å². The van der Waals surface area contributed by atoms with Gasteiger partial charge in [-0.25, -0.2) is 14.4 Å². The van der Waals surface area contributed by atoms with Crippen LogP contribution in [0.4, 0.5) is 10.2 Å². The van der Waals surface area contributed by atoms with E-state index in [-0.39, 0.29) is 5.82 Å². The molecule has 0 spiro atoms. The Kier molecular flexibility index (Phi) is 4.71. The molecular formula is C13H12BrClFN3. The van der Waals surface area contributed by atoms with E-state index >= 15 is 0 Å². The molecule has 0 fully saturated rings. The summed E-state index contributed by atoms with van der Waals surface area (Å²) in [6.07, 6.45) is 0.707. The van der Waals surface area contributed by atoms with Gasteiger partial charge in [-0.15, -0.1) is 0 Å².